The number of rotatable bonds is 4. The Morgan fingerprint density at radius 1 is 1.03 bits per heavy atom. The van der Waals surface area contributed by atoms with Crippen molar-refractivity contribution < 1.29 is 4.79 Å². The fourth-order valence-corrected chi connectivity index (χ4v) is 5.63. The quantitative estimate of drug-likeness (QED) is 0.823. The molecule has 0 spiro atoms. The molecule has 1 saturated heterocycles. The average molecular weight is 405 g/mol. The molecule has 3 aliphatic rings. The van der Waals surface area contributed by atoms with Crippen molar-refractivity contribution in [3.8, 4) is 0 Å². The van der Waals surface area contributed by atoms with Crippen molar-refractivity contribution >= 4 is 17.4 Å². The number of hydrogen-bond acceptors (Lipinski definition) is 4. The fourth-order valence-electron chi connectivity index (χ4n) is 5.63. The molecule has 0 radical (unpaired) electrons. The number of aromatic nitrogens is 1. The number of benzene rings is 1. The Morgan fingerprint density at radius 2 is 1.87 bits per heavy atom. The van der Waals surface area contributed by atoms with Gasteiger partial charge in [0.1, 0.15) is 5.82 Å². The van der Waals surface area contributed by atoms with Crippen LogP contribution < -0.4 is 10.6 Å². The summed E-state index contributed by atoms with van der Waals surface area (Å²) in [6, 6.07) is 12.6. The van der Waals surface area contributed by atoms with E-state index in [-0.39, 0.29) is 18.0 Å². The van der Waals surface area contributed by atoms with Crippen LogP contribution in [0.1, 0.15) is 62.1 Å². The number of nitrogens with zero attached hydrogens (tertiary/aromatic N) is 3. The van der Waals surface area contributed by atoms with Gasteiger partial charge in [0.05, 0.1) is 12.1 Å². The van der Waals surface area contributed by atoms with Crippen molar-refractivity contribution in [2.45, 2.75) is 63.5 Å². The number of carbonyl (C=O) groups excluding carboxylic acids is 1. The van der Waals surface area contributed by atoms with Gasteiger partial charge >= 0.3 is 0 Å². The van der Waals surface area contributed by atoms with Crippen molar-refractivity contribution in [1.82, 2.24) is 9.88 Å². The summed E-state index contributed by atoms with van der Waals surface area (Å²) in [4.78, 5) is 22.3. The van der Waals surface area contributed by atoms with Crippen molar-refractivity contribution in [3.05, 3.63) is 53.7 Å². The molecule has 1 saturated carbocycles. The highest BCUT2D eigenvalue weighted by atomic mass is 16.2. The second-order valence-electron chi connectivity index (χ2n) is 9.09. The molecule has 0 unspecified atom stereocenters. The predicted molar refractivity (Wildman–Crippen MR) is 120 cm³/mol. The van der Waals surface area contributed by atoms with Crippen molar-refractivity contribution in [1.29, 1.82) is 0 Å². The summed E-state index contributed by atoms with van der Waals surface area (Å²) in [6.45, 7) is 1.77. The minimum atomic E-state index is -0.349. The third kappa shape index (κ3) is 3.60. The van der Waals surface area contributed by atoms with Crippen LogP contribution in [0.3, 0.4) is 0 Å². The predicted octanol–water partition coefficient (Wildman–Crippen LogP) is 4.35. The van der Waals surface area contributed by atoms with Crippen LogP contribution in [-0.4, -0.2) is 34.9 Å². The highest BCUT2D eigenvalue weighted by Crippen LogP contribution is 2.38. The topological polar surface area (TPSA) is 62.5 Å². The second kappa shape index (κ2) is 8.38. The van der Waals surface area contributed by atoms with Gasteiger partial charge in [0.2, 0.25) is 5.91 Å². The number of carbonyl (C=O) groups is 1. The number of hydrogen-bond donors (Lipinski definition) is 1. The molecule has 30 heavy (non-hydrogen) atoms. The van der Waals surface area contributed by atoms with E-state index in [1.807, 2.05) is 6.20 Å². The first-order chi connectivity index (χ1) is 14.7. The summed E-state index contributed by atoms with van der Waals surface area (Å²) in [5.41, 5.74) is 10.3. The third-order valence-corrected chi connectivity index (χ3v) is 7.30. The molecule has 0 bridgehead atoms. The molecule has 2 N–H and O–H groups in total. The smallest absolute Gasteiger partial charge is 0.240 e. The van der Waals surface area contributed by atoms with Crippen molar-refractivity contribution in [2.75, 3.05) is 18.0 Å². The van der Waals surface area contributed by atoms with Gasteiger partial charge in [-0.3, -0.25) is 4.79 Å². The second-order valence-corrected chi connectivity index (χ2v) is 9.09. The first-order valence-electron chi connectivity index (χ1n) is 11.6. The van der Waals surface area contributed by atoms with Crippen LogP contribution in [0.2, 0.25) is 0 Å². The van der Waals surface area contributed by atoms with Crippen LogP contribution in [0.5, 0.6) is 0 Å². The number of anilines is 2. The van der Waals surface area contributed by atoms with Gasteiger partial charge in [0.15, 0.2) is 0 Å². The molecule has 1 aromatic carbocycles. The lowest BCUT2D eigenvalue weighted by Crippen LogP contribution is -2.48. The number of likely N-dealkylation sites (tertiary alicyclic amines) is 1. The summed E-state index contributed by atoms with van der Waals surface area (Å²) in [6.07, 6.45) is 10.9. The van der Waals surface area contributed by atoms with Crippen LogP contribution in [0.25, 0.3) is 0 Å². The lowest BCUT2D eigenvalue weighted by molar-refractivity contribution is -0.135. The standard InChI is InChI=1S/C25H32N4O/c26-24(19-8-2-1-3-9-19)25(30)29-15-6-11-22(29)20-12-14-27-23(17-20)28-16-13-18-7-4-5-10-21(18)28/h4-5,7,10,12,14,17,19,22,24H,1-3,6,8-9,11,13,15-16,26H2/t22-,24-/m0/s1. The molecule has 5 rings (SSSR count). The van der Waals surface area contributed by atoms with E-state index in [1.165, 1.54) is 36.1 Å². The molecule has 1 aromatic heterocycles. The van der Waals surface area contributed by atoms with Crippen molar-refractivity contribution in [2.24, 2.45) is 11.7 Å². The largest absolute Gasteiger partial charge is 0.334 e. The van der Waals surface area contributed by atoms with Gasteiger partial charge in [-0.05, 0) is 67.3 Å². The van der Waals surface area contributed by atoms with E-state index in [2.05, 4.69) is 51.2 Å². The first kappa shape index (κ1) is 19.6. The normalized spacial score (nSPS) is 22.9. The SMILES string of the molecule is N[C@H](C(=O)N1CCC[C@H]1c1ccnc(N2CCc3ccccc32)c1)C1CCCCC1. The van der Waals surface area contributed by atoms with Crippen LogP contribution in [0.15, 0.2) is 42.6 Å². The maximum absolute atomic E-state index is 13.3. The molecule has 1 amide bonds. The Bertz CT molecular complexity index is 908. The zero-order valence-electron chi connectivity index (χ0n) is 17.7. The first-order valence-corrected chi connectivity index (χ1v) is 11.6. The molecule has 5 nitrogen and oxygen atoms in total. The van der Waals surface area contributed by atoms with E-state index >= 15 is 0 Å². The van der Waals surface area contributed by atoms with Crippen LogP contribution in [0.4, 0.5) is 11.5 Å². The van der Waals surface area contributed by atoms with E-state index in [4.69, 9.17) is 5.73 Å². The molecule has 2 aliphatic heterocycles. The van der Waals surface area contributed by atoms with E-state index in [0.717, 1.165) is 51.0 Å². The van der Waals surface area contributed by atoms with Crippen LogP contribution in [-0.2, 0) is 11.2 Å². The maximum atomic E-state index is 13.3. The summed E-state index contributed by atoms with van der Waals surface area (Å²) in [7, 11) is 0. The molecule has 1 aliphatic carbocycles. The lowest BCUT2D eigenvalue weighted by atomic mass is 9.83. The zero-order valence-corrected chi connectivity index (χ0v) is 17.7. The average Bonchev–Trinajstić information content (AvgIpc) is 3.46. The molecule has 2 aromatic rings. The van der Waals surface area contributed by atoms with Gasteiger partial charge in [0.25, 0.3) is 0 Å². The van der Waals surface area contributed by atoms with Crippen LogP contribution >= 0.6 is 0 Å². The summed E-state index contributed by atoms with van der Waals surface area (Å²) in [5, 5.41) is 0. The Labute approximate surface area is 179 Å². The number of para-hydroxylation sites is 1. The summed E-state index contributed by atoms with van der Waals surface area (Å²) >= 11 is 0. The molecule has 2 fully saturated rings. The summed E-state index contributed by atoms with van der Waals surface area (Å²) in [5.74, 6) is 1.48. The van der Waals surface area contributed by atoms with E-state index < -0.39 is 0 Å². The Kier molecular flexibility index (Phi) is 5.47. The third-order valence-electron chi connectivity index (χ3n) is 7.30. The minimum Gasteiger partial charge on any atom is -0.334 e. The minimum absolute atomic E-state index is 0.117. The van der Waals surface area contributed by atoms with Gasteiger partial charge in [0, 0.05) is 25.0 Å². The molecular formula is C25H32N4O. The van der Waals surface area contributed by atoms with Gasteiger partial charge in [-0.2, -0.15) is 0 Å². The highest BCUT2D eigenvalue weighted by Gasteiger charge is 2.36. The van der Waals surface area contributed by atoms with E-state index in [0.29, 0.717) is 5.92 Å². The fraction of sp³-hybridized carbons (Fsp3) is 0.520. The molecule has 158 valence electrons. The monoisotopic (exact) mass is 404 g/mol. The van der Waals surface area contributed by atoms with Crippen molar-refractivity contribution in [3.63, 3.8) is 0 Å². The van der Waals surface area contributed by atoms with Gasteiger partial charge in [-0.15, -0.1) is 0 Å². The number of fused-ring (bicyclic) bond motifs is 1. The Hall–Kier alpha value is -2.40. The Morgan fingerprint density at radius 3 is 2.73 bits per heavy atom. The molecule has 2 atom stereocenters. The molecule has 3 heterocycles. The zero-order chi connectivity index (χ0) is 20.5. The van der Waals surface area contributed by atoms with Gasteiger partial charge in [-0.1, -0.05) is 37.5 Å². The van der Waals surface area contributed by atoms with Gasteiger partial charge < -0.3 is 15.5 Å². The lowest BCUT2D eigenvalue weighted by Gasteiger charge is -2.33. The number of pyridine rings is 1. The Balaban J connectivity index is 1.36. The van der Waals surface area contributed by atoms with Crippen LogP contribution in [0, 0.1) is 5.92 Å². The summed E-state index contributed by atoms with van der Waals surface area (Å²) < 4.78 is 0. The van der Waals surface area contributed by atoms with E-state index in [9.17, 15) is 4.79 Å². The van der Waals surface area contributed by atoms with E-state index in [1.54, 1.807) is 0 Å². The van der Waals surface area contributed by atoms with Gasteiger partial charge in [-0.25, -0.2) is 4.98 Å². The molecule has 5 heteroatoms. The number of amides is 1. The highest BCUT2D eigenvalue weighted by molar-refractivity contribution is 5.83. The molecular weight excluding hydrogens is 372 g/mol. The number of nitrogens with two attached hydrogens (primary N) is 1. The maximum Gasteiger partial charge on any atom is 0.240 e.